The van der Waals surface area contributed by atoms with Crippen molar-refractivity contribution in [2.75, 3.05) is 5.73 Å². The molecule has 1 fully saturated rings. The molecule has 1 atom stereocenters. The van der Waals surface area contributed by atoms with Crippen molar-refractivity contribution in [3.8, 4) is 0 Å². The first kappa shape index (κ1) is 10.5. The van der Waals surface area contributed by atoms with Crippen LogP contribution in [0.25, 0.3) is 0 Å². The van der Waals surface area contributed by atoms with Crippen molar-refractivity contribution < 1.29 is 0 Å². The standard InChI is InChI=1S/C12H21N3/c1-9-11(13)8-15(14-9)6-4-5-10-7-12(10,2)3/h8,10H,4-7,13H2,1-3H3. The number of rotatable bonds is 4. The van der Waals surface area contributed by atoms with Gasteiger partial charge in [-0.05, 0) is 37.5 Å². The number of nitrogen functional groups attached to an aromatic ring is 1. The molecule has 2 N–H and O–H groups in total. The van der Waals surface area contributed by atoms with E-state index in [0.717, 1.165) is 23.8 Å². The van der Waals surface area contributed by atoms with Gasteiger partial charge in [-0.1, -0.05) is 13.8 Å². The van der Waals surface area contributed by atoms with Gasteiger partial charge in [-0.25, -0.2) is 0 Å². The van der Waals surface area contributed by atoms with Gasteiger partial charge >= 0.3 is 0 Å². The molecule has 1 aliphatic carbocycles. The molecule has 1 saturated carbocycles. The maximum absolute atomic E-state index is 5.74. The van der Waals surface area contributed by atoms with Gasteiger partial charge in [0.15, 0.2) is 0 Å². The molecule has 15 heavy (non-hydrogen) atoms. The first-order valence-electron chi connectivity index (χ1n) is 5.78. The third kappa shape index (κ3) is 2.33. The lowest BCUT2D eigenvalue weighted by Gasteiger charge is -2.03. The number of nitrogens with zero attached hydrogens (tertiary/aromatic N) is 2. The van der Waals surface area contributed by atoms with Crippen LogP contribution in [-0.4, -0.2) is 9.78 Å². The molecular formula is C12H21N3. The fourth-order valence-electron chi connectivity index (χ4n) is 2.22. The van der Waals surface area contributed by atoms with Crippen LogP contribution in [0.4, 0.5) is 5.69 Å². The predicted octanol–water partition coefficient (Wildman–Crippen LogP) is 2.60. The molecule has 0 amide bonds. The maximum Gasteiger partial charge on any atom is 0.0822 e. The highest BCUT2D eigenvalue weighted by Gasteiger charge is 2.44. The molecule has 1 heterocycles. The number of hydrogen-bond acceptors (Lipinski definition) is 2. The molecule has 0 aliphatic heterocycles. The number of aryl methyl sites for hydroxylation is 2. The van der Waals surface area contributed by atoms with Crippen molar-refractivity contribution in [1.82, 2.24) is 9.78 Å². The second-order valence-electron chi connectivity index (χ2n) is 5.46. The second-order valence-corrected chi connectivity index (χ2v) is 5.46. The van der Waals surface area contributed by atoms with Crippen LogP contribution < -0.4 is 5.73 Å². The van der Waals surface area contributed by atoms with E-state index >= 15 is 0 Å². The van der Waals surface area contributed by atoms with Crippen molar-refractivity contribution in [2.45, 2.75) is 46.6 Å². The zero-order chi connectivity index (χ0) is 11.1. The van der Waals surface area contributed by atoms with Crippen LogP contribution >= 0.6 is 0 Å². The highest BCUT2D eigenvalue weighted by Crippen LogP contribution is 2.54. The quantitative estimate of drug-likeness (QED) is 0.824. The molecule has 0 radical (unpaired) electrons. The second kappa shape index (κ2) is 3.54. The number of anilines is 1. The van der Waals surface area contributed by atoms with Crippen molar-refractivity contribution in [2.24, 2.45) is 11.3 Å². The Labute approximate surface area is 91.7 Å². The van der Waals surface area contributed by atoms with Gasteiger partial charge in [-0.3, -0.25) is 4.68 Å². The third-order valence-electron chi connectivity index (χ3n) is 3.64. The SMILES string of the molecule is Cc1nn(CCCC2CC2(C)C)cc1N. The molecule has 1 aromatic rings. The van der Waals surface area contributed by atoms with Crippen LogP contribution in [0.2, 0.25) is 0 Å². The molecular weight excluding hydrogens is 186 g/mol. The van der Waals surface area contributed by atoms with Crippen LogP contribution in [0.15, 0.2) is 6.20 Å². The lowest BCUT2D eigenvalue weighted by molar-refractivity contribution is 0.479. The fourth-order valence-corrected chi connectivity index (χ4v) is 2.22. The molecule has 84 valence electrons. The minimum absolute atomic E-state index is 0.610. The molecule has 0 bridgehead atoms. The minimum Gasteiger partial charge on any atom is -0.396 e. The van der Waals surface area contributed by atoms with Crippen LogP contribution in [0.1, 0.15) is 38.8 Å². The van der Waals surface area contributed by atoms with Crippen LogP contribution in [0, 0.1) is 18.3 Å². The van der Waals surface area contributed by atoms with E-state index in [4.69, 9.17) is 5.73 Å². The Morgan fingerprint density at radius 2 is 2.27 bits per heavy atom. The predicted molar refractivity (Wildman–Crippen MR) is 62.5 cm³/mol. The van der Waals surface area contributed by atoms with Crippen LogP contribution in [0.5, 0.6) is 0 Å². The molecule has 1 unspecified atom stereocenters. The van der Waals surface area contributed by atoms with Gasteiger partial charge in [0.2, 0.25) is 0 Å². The molecule has 2 rings (SSSR count). The van der Waals surface area contributed by atoms with Gasteiger partial charge < -0.3 is 5.73 Å². The summed E-state index contributed by atoms with van der Waals surface area (Å²) in [7, 11) is 0. The highest BCUT2D eigenvalue weighted by atomic mass is 15.3. The molecule has 1 aromatic heterocycles. The Bertz CT molecular complexity index is 332. The maximum atomic E-state index is 5.74. The average Bonchev–Trinajstić information content (AvgIpc) is 2.59. The Balaban J connectivity index is 1.75. The van der Waals surface area contributed by atoms with E-state index in [1.807, 2.05) is 17.8 Å². The molecule has 0 spiro atoms. The average molecular weight is 207 g/mol. The summed E-state index contributed by atoms with van der Waals surface area (Å²) in [5, 5.41) is 4.36. The molecule has 3 heteroatoms. The summed E-state index contributed by atoms with van der Waals surface area (Å²) in [6, 6.07) is 0. The monoisotopic (exact) mass is 207 g/mol. The normalized spacial score (nSPS) is 23.0. The number of nitrogens with two attached hydrogens (primary N) is 1. The van der Waals surface area contributed by atoms with Crippen molar-refractivity contribution in [3.63, 3.8) is 0 Å². The summed E-state index contributed by atoms with van der Waals surface area (Å²) in [4.78, 5) is 0. The lowest BCUT2D eigenvalue weighted by atomic mass is 10.1. The van der Waals surface area contributed by atoms with Gasteiger partial charge in [-0.15, -0.1) is 0 Å². The summed E-state index contributed by atoms with van der Waals surface area (Å²) in [6.07, 6.45) is 5.88. The van der Waals surface area contributed by atoms with Gasteiger partial charge in [0, 0.05) is 12.7 Å². The number of hydrogen-bond donors (Lipinski definition) is 1. The first-order chi connectivity index (χ1) is 6.99. The van der Waals surface area contributed by atoms with Crippen LogP contribution in [-0.2, 0) is 6.54 Å². The van der Waals surface area contributed by atoms with Gasteiger partial charge in [0.25, 0.3) is 0 Å². The minimum atomic E-state index is 0.610. The summed E-state index contributed by atoms with van der Waals surface area (Å²) in [5.74, 6) is 0.937. The van der Waals surface area contributed by atoms with E-state index < -0.39 is 0 Å². The van der Waals surface area contributed by atoms with Crippen molar-refractivity contribution in [1.29, 1.82) is 0 Å². The lowest BCUT2D eigenvalue weighted by Crippen LogP contribution is -2.00. The highest BCUT2D eigenvalue weighted by molar-refractivity contribution is 5.39. The Hall–Kier alpha value is -0.990. The Morgan fingerprint density at radius 1 is 1.60 bits per heavy atom. The fraction of sp³-hybridized carbons (Fsp3) is 0.750. The summed E-state index contributed by atoms with van der Waals surface area (Å²) in [6.45, 7) is 7.67. The van der Waals surface area contributed by atoms with E-state index in [-0.39, 0.29) is 0 Å². The van der Waals surface area contributed by atoms with E-state index in [1.165, 1.54) is 19.3 Å². The van der Waals surface area contributed by atoms with Crippen LogP contribution in [0.3, 0.4) is 0 Å². The van der Waals surface area contributed by atoms with Crippen molar-refractivity contribution >= 4 is 5.69 Å². The zero-order valence-corrected chi connectivity index (χ0v) is 9.95. The summed E-state index contributed by atoms with van der Waals surface area (Å²) >= 11 is 0. The Kier molecular flexibility index (Phi) is 2.49. The van der Waals surface area contributed by atoms with E-state index in [0.29, 0.717) is 5.41 Å². The molecule has 3 nitrogen and oxygen atoms in total. The molecule has 0 aromatic carbocycles. The third-order valence-corrected chi connectivity index (χ3v) is 3.64. The zero-order valence-electron chi connectivity index (χ0n) is 9.95. The Morgan fingerprint density at radius 3 is 2.73 bits per heavy atom. The van der Waals surface area contributed by atoms with Gasteiger partial charge in [0.1, 0.15) is 0 Å². The summed E-state index contributed by atoms with van der Waals surface area (Å²) < 4.78 is 1.97. The largest absolute Gasteiger partial charge is 0.396 e. The summed E-state index contributed by atoms with van der Waals surface area (Å²) in [5.41, 5.74) is 8.11. The van der Waals surface area contributed by atoms with E-state index in [1.54, 1.807) is 0 Å². The molecule has 1 aliphatic rings. The van der Waals surface area contributed by atoms with Gasteiger partial charge in [0.05, 0.1) is 11.4 Å². The van der Waals surface area contributed by atoms with E-state index in [2.05, 4.69) is 18.9 Å². The smallest absolute Gasteiger partial charge is 0.0822 e. The first-order valence-corrected chi connectivity index (χ1v) is 5.78. The topological polar surface area (TPSA) is 43.8 Å². The van der Waals surface area contributed by atoms with Gasteiger partial charge in [-0.2, -0.15) is 5.10 Å². The van der Waals surface area contributed by atoms with E-state index in [9.17, 15) is 0 Å². The molecule has 0 saturated heterocycles. The number of aromatic nitrogens is 2. The van der Waals surface area contributed by atoms with Crippen molar-refractivity contribution in [3.05, 3.63) is 11.9 Å².